The standard InChI is InChI=1S/C16H22N4S/c1-19(2)14-5-8-20(12-16-18-7-9-21-16)15(14)10-13-4-3-6-17-11-13/h3-4,6-7,9,11,14-15H,5,8,10,12H2,1-2H3/t14-,15+/m1/s1. The number of aromatic nitrogens is 2. The highest BCUT2D eigenvalue weighted by Gasteiger charge is 2.35. The zero-order valence-corrected chi connectivity index (χ0v) is 13.5. The lowest BCUT2D eigenvalue weighted by atomic mass is 10.0. The van der Waals surface area contributed by atoms with Crippen LogP contribution in [0.2, 0.25) is 0 Å². The van der Waals surface area contributed by atoms with Gasteiger partial charge in [0.2, 0.25) is 0 Å². The van der Waals surface area contributed by atoms with E-state index >= 15 is 0 Å². The van der Waals surface area contributed by atoms with E-state index in [1.807, 2.05) is 24.7 Å². The van der Waals surface area contributed by atoms with E-state index in [0.717, 1.165) is 19.5 Å². The summed E-state index contributed by atoms with van der Waals surface area (Å²) in [5, 5.41) is 3.27. The number of rotatable bonds is 5. The summed E-state index contributed by atoms with van der Waals surface area (Å²) in [6, 6.07) is 5.35. The Labute approximate surface area is 130 Å². The van der Waals surface area contributed by atoms with Crippen molar-refractivity contribution in [3.05, 3.63) is 46.7 Å². The van der Waals surface area contributed by atoms with Crippen LogP contribution >= 0.6 is 11.3 Å². The normalized spacial score (nSPS) is 23.0. The van der Waals surface area contributed by atoms with Gasteiger partial charge in [0.25, 0.3) is 0 Å². The van der Waals surface area contributed by atoms with E-state index in [1.165, 1.54) is 17.0 Å². The second-order valence-corrected chi connectivity index (χ2v) is 6.83. The van der Waals surface area contributed by atoms with Gasteiger partial charge in [0.05, 0.1) is 6.54 Å². The average molecular weight is 302 g/mol. The van der Waals surface area contributed by atoms with Gasteiger partial charge in [0.15, 0.2) is 0 Å². The van der Waals surface area contributed by atoms with Crippen LogP contribution in [0.4, 0.5) is 0 Å². The Hall–Kier alpha value is -1.30. The zero-order chi connectivity index (χ0) is 14.7. The molecule has 0 spiro atoms. The Balaban J connectivity index is 1.75. The van der Waals surface area contributed by atoms with Crippen molar-refractivity contribution in [1.29, 1.82) is 0 Å². The van der Waals surface area contributed by atoms with Gasteiger partial charge in [-0.3, -0.25) is 9.88 Å². The van der Waals surface area contributed by atoms with Crippen LogP contribution < -0.4 is 0 Å². The summed E-state index contributed by atoms with van der Waals surface area (Å²) in [6.07, 6.45) is 8.02. The molecular formula is C16H22N4S. The first-order valence-corrected chi connectivity index (χ1v) is 8.30. The first-order valence-electron chi connectivity index (χ1n) is 7.42. The minimum Gasteiger partial charge on any atom is -0.305 e. The van der Waals surface area contributed by atoms with Crippen LogP contribution in [0.5, 0.6) is 0 Å². The van der Waals surface area contributed by atoms with Gasteiger partial charge in [-0.1, -0.05) is 6.07 Å². The molecule has 2 aromatic rings. The molecule has 0 saturated carbocycles. The Morgan fingerprint density at radius 3 is 2.95 bits per heavy atom. The van der Waals surface area contributed by atoms with Crippen LogP contribution in [0, 0.1) is 0 Å². The van der Waals surface area contributed by atoms with Crippen molar-refractivity contribution in [2.45, 2.75) is 31.5 Å². The number of likely N-dealkylation sites (tertiary alicyclic amines) is 1. The Kier molecular flexibility index (Phi) is 4.63. The third-order valence-corrected chi connectivity index (χ3v) is 5.04. The van der Waals surface area contributed by atoms with Gasteiger partial charge < -0.3 is 4.90 Å². The van der Waals surface area contributed by atoms with Crippen LogP contribution in [0.3, 0.4) is 0 Å². The third-order valence-electron chi connectivity index (χ3n) is 4.28. The van der Waals surface area contributed by atoms with Gasteiger partial charge in [0.1, 0.15) is 5.01 Å². The number of thiazole rings is 1. The topological polar surface area (TPSA) is 32.3 Å². The molecule has 0 aromatic carbocycles. The maximum atomic E-state index is 4.44. The number of likely N-dealkylation sites (N-methyl/N-ethyl adjacent to an activating group) is 1. The number of pyridine rings is 1. The lowest BCUT2D eigenvalue weighted by molar-refractivity contribution is 0.178. The largest absolute Gasteiger partial charge is 0.305 e. The molecule has 0 unspecified atom stereocenters. The van der Waals surface area contributed by atoms with Crippen LogP contribution in [-0.2, 0) is 13.0 Å². The summed E-state index contributed by atoms with van der Waals surface area (Å²) < 4.78 is 0. The quantitative estimate of drug-likeness (QED) is 0.848. The third kappa shape index (κ3) is 3.48. The van der Waals surface area contributed by atoms with E-state index in [-0.39, 0.29) is 0 Å². The van der Waals surface area contributed by atoms with E-state index in [1.54, 1.807) is 11.3 Å². The Morgan fingerprint density at radius 1 is 1.38 bits per heavy atom. The molecule has 5 heteroatoms. The summed E-state index contributed by atoms with van der Waals surface area (Å²) in [7, 11) is 4.38. The van der Waals surface area contributed by atoms with Crippen molar-refractivity contribution < 1.29 is 0 Å². The molecule has 112 valence electrons. The first kappa shape index (κ1) is 14.6. The molecule has 2 atom stereocenters. The number of hydrogen-bond acceptors (Lipinski definition) is 5. The molecule has 0 aliphatic carbocycles. The predicted molar refractivity (Wildman–Crippen MR) is 86.3 cm³/mol. The highest BCUT2D eigenvalue weighted by Crippen LogP contribution is 2.26. The SMILES string of the molecule is CN(C)[C@@H]1CCN(Cc2nccs2)[C@H]1Cc1cccnc1. The number of hydrogen-bond donors (Lipinski definition) is 0. The van der Waals surface area contributed by atoms with Crippen LogP contribution in [0.1, 0.15) is 17.0 Å². The molecule has 1 fully saturated rings. The van der Waals surface area contributed by atoms with E-state index in [9.17, 15) is 0 Å². The Morgan fingerprint density at radius 2 is 2.29 bits per heavy atom. The summed E-state index contributed by atoms with van der Waals surface area (Å²) in [5.74, 6) is 0. The molecule has 1 aliphatic rings. The van der Waals surface area contributed by atoms with Crippen molar-refractivity contribution in [1.82, 2.24) is 19.8 Å². The molecule has 3 heterocycles. The minimum absolute atomic E-state index is 0.535. The molecule has 1 saturated heterocycles. The first-order chi connectivity index (χ1) is 10.2. The Bertz CT molecular complexity index is 541. The van der Waals surface area contributed by atoms with Crippen LogP contribution in [0.15, 0.2) is 36.1 Å². The van der Waals surface area contributed by atoms with Crippen molar-refractivity contribution in [3.63, 3.8) is 0 Å². The summed E-state index contributed by atoms with van der Waals surface area (Å²) in [6.45, 7) is 2.11. The van der Waals surface area contributed by atoms with E-state index in [0.29, 0.717) is 12.1 Å². The highest BCUT2D eigenvalue weighted by atomic mass is 32.1. The number of nitrogens with zero attached hydrogens (tertiary/aromatic N) is 4. The minimum atomic E-state index is 0.535. The summed E-state index contributed by atoms with van der Waals surface area (Å²) >= 11 is 1.75. The fourth-order valence-electron chi connectivity index (χ4n) is 3.23. The van der Waals surface area contributed by atoms with Crippen LogP contribution in [0.25, 0.3) is 0 Å². The van der Waals surface area contributed by atoms with E-state index in [4.69, 9.17) is 0 Å². The van der Waals surface area contributed by atoms with Gasteiger partial charge in [-0.2, -0.15) is 0 Å². The predicted octanol–water partition coefficient (Wildman–Crippen LogP) is 2.29. The smallest absolute Gasteiger partial charge is 0.107 e. The second kappa shape index (κ2) is 6.64. The van der Waals surface area contributed by atoms with Gasteiger partial charge >= 0.3 is 0 Å². The molecule has 0 bridgehead atoms. The molecule has 0 N–H and O–H groups in total. The van der Waals surface area contributed by atoms with Gasteiger partial charge in [-0.15, -0.1) is 11.3 Å². The van der Waals surface area contributed by atoms with Gasteiger partial charge in [-0.25, -0.2) is 4.98 Å². The molecule has 2 aromatic heterocycles. The average Bonchev–Trinajstić information content (AvgIpc) is 3.11. The maximum Gasteiger partial charge on any atom is 0.107 e. The van der Waals surface area contributed by atoms with Crippen molar-refractivity contribution in [2.75, 3.05) is 20.6 Å². The molecule has 4 nitrogen and oxygen atoms in total. The van der Waals surface area contributed by atoms with Crippen molar-refractivity contribution in [2.24, 2.45) is 0 Å². The van der Waals surface area contributed by atoms with Crippen molar-refractivity contribution in [3.8, 4) is 0 Å². The lowest BCUT2D eigenvalue weighted by Gasteiger charge is -2.31. The maximum absolute atomic E-state index is 4.44. The fraction of sp³-hybridized carbons (Fsp3) is 0.500. The summed E-state index contributed by atoms with van der Waals surface area (Å²) in [4.78, 5) is 13.6. The van der Waals surface area contributed by atoms with Crippen LogP contribution in [-0.4, -0.2) is 52.5 Å². The molecular weight excluding hydrogens is 280 g/mol. The lowest BCUT2D eigenvalue weighted by Crippen LogP contribution is -2.43. The van der Waals surface area contributed by atoms with E-state index < -0.39 is 0 Å². The molecule has 0 amide bonds. The zero-order valence-electron chi connectivity index (χ0n) is 12.6. The van der Waals surface area contributed by atoms with Crippen molar-refractivity contribution >= 4 is 11.3 Å². The van der Waals surface area contributed by atoms with E-state index in [2.05, 4.69) is 45.3 Å². The second-order valence-electron chi connectivity index (χ2n) is 5.85. The molecule has 21 heavy (non-hydrogen) atoms. The molecule has 0 radical (unpaired) electrons. The molecule has 3 rings (SSSR count). The monoisotopic (exact) mass is 302 g/mol. The molecule has 1 aliphatic heterocycles. The highest BCUT2D eigenvalue weighted by molar-refractivity contribution is 7.09. The van der Waals surface area contributed by atoms with Gasteiger partial charge in [0, 0.05) is 42.6 Å². The fourth-order valence-corrected chi connectivity index (χ4v) is 3.87. The summed E-state index contributed by atoms with van der Waals surface area (Å²) in [5.41, 5.74) is 1.32. The van der Waals surface area contributed by atoms with Gasteiger partial charge in [-0.05, 0) is 38.6 Å².